The number of rotatable bonds is 7. The molecule has 5 heteroatoms. The molecule has 2 aromatic rings. The Morgan fingerprint density at radius 3 is 2.44 bits per heavy atom. The van der Waals surface area contributed by atoms with Crippen molar-refractivity contribution < 1.29 is 9.53 Å². The first-order valence-corrected chi connectivity index (χ1v) is 13.6. The third kappa shape index (κ3) is 5.45. The first-order chi connectivity index (χ1) is 16.7. The van der Waals surface area contributed by atoms with Crippen LogP contribution >= 0.6 is 0 Å². The van der Waals surface area contributed by atoms with Gasteiger partial charge in [-0.2, -0.15) is 0 Å². The second-order valence-electron chi connectivity index (χ2n) is 10.6. The van der Waals surface area contributed by atoms with Crippen molar-refractivity contribution >= 4 is 11.7 Å². The Hall–Kier alpha value is -2.43. The molecule has 34 heavy (non-hydrogen) atoms. The van der Waals surface area contributed by atoms with Gasteiger partial charge < -0.3 is 10.1 Å². The summed E-state index contributed by atoms with van der Waals surface area (Å²) < 4.78 is 5.44. The number of anilines is 1. The van der Waals surface area contributed by atoms with E-state index in [0.717, 1.165) is 60.0 Å². The lowest BCUT2D eigenvalue weighted by Gasteiger charge is -2.24. The highest BCUT2D eigenvalue weighted by atomic mass is 16.5. The predicted octanol–water partition coefficient (Wildman–Crippen LogP) is 6.67. The Morgan fingerprint density at radius 2 is 1.71 bits per heavy atom. The molecular formula is C29H39N3O2. The zero-order valence-corrected chi connectivity index (χ0v) is 20.7. The number of nitrogens with zero attached hydrogens (tertiary/aromatic N) is 2. The minimum Gasteiger partial charge on any atom is -0.497 e. The molecule has 0 aliphatic heterocycles. The average Bonchev–Trinajstić information content (AvgIpc) is 2.88. The van der Waals surface area contributed by atoms with Crippen molar-refractivity contribution in [1.29, 1.82) is 0 Å². The molecule has 0 bridgehead atoms. The highest BCUT2D eigenvalue weighted by Gasteiger charge is 2.25. The Labute approximate surface area is 204 Å². The molecule has 0 atom stereocenters. The van der Waals surface area contributed by atoms with E-state index in [2.05, 4.69) is 17.4 Å². The number of aryl methyl sites for hydroxylation is 3. The Kier molecular flexibility index (Phi) is 7.46. The van der Waals surface area contributed by atoms with Crippen LogP contribution in [0, 0.1) is 11.8 Å². The van der Waals surface area contributed by atoms with Crippen LogP contribution in [-0.2, 0) is 24.1 Å². The van der Waals surface area contributed by atoms with Crippen molar-refractivity contribution in [2.75, 3.05) is 12.4 Å². The van der Waals surface area contributed by atoms with Crippen molar-refractivity contribution in [3.8, 4) is 17.0 Å². The molecule has 1 amide bonds. The van der Waals surface area contributed by atoms with E-state index in [0.29, 0.717) is 18.2 Å². The maximum Gasteiger partial charge on any atom is 0.225 e. The molecule has 1 aromatic heterocycles. The lowest BCUT2D eigenvalue weighted by molar-refractivity contribution is -0.117. The second-order valence-corrected chi connectivity index (χ2v) is 10.6. The Balaban J connectivity index is 1.40. The second kappa shape index (κ2) is 10.9. The number of methoxy groups -OCH3 is 1. The smallest absolute Gasteiger partial charge is 0.225 e. The van der Waals surface area contributed by atoms with Gasteiger partial charge in [0.1, 0.15) is 5.75 Å². The van der Waals surface area contributed by atoms with Crippen LogP contribution in [0.1, 0.15) is 94.0 Å². The van der Waals surface area contributed by atoms with E-state index in [-0.39, 0.29) is 5.91 Å². The fourth-order valence-corrected chi connectivity index (χ4v) is 6.21. The van der Waals surface area contributed by atoms with Crippen LogP contribution in [0.4, 0.5) is 5.82 Å². The lowest BCUT2D eigenvalue weighted by Crippen LogP contribution is -2.22. The average molecular weight is 462 g/mol. The number of carbonyl (C=O) groups is 1. The van der Waals surface area contributed by atoms with Gasteiger partial charge in [-0.3, -0.25) is 4.79 Å². The maximum absolute atomic E-state index is 13.0. The molecule has 1 N–H and O–H groups in total. The Bertz CT molecular complexity index is 1010. The molecule has 1 heterocycles. The molecular weight excluding hydrogens is 422 g/mol. The molecule has 5 rings (SSSR count). The van der Waals surface area contributed by atoms with E-state index < -0.39 is 0 Å². The standard InChI is InChI=1S/C29H39N3O2/c1-34-23-14-15-24-22(19-23)13-17-25-28(24)30-26(16-12-20-8-4-2-5-9-20)29(31-25)32-27(33)18-21-10-6-3-7-11-21/h14-15,19-21H,2-13,16-18H2,1H3,(H,31,32,33). The van der Waals surface area contributed by atoms with Gasteiger partial charge in [0.25, 0.3) is 0 Å². The topological polar surface area (TPSA) is 64.1 Å². The van der Waals surface area contributed by atoms with Crippen LogP contribution in [0.15, 0.2) is 18.2 Å². The van der Waals surface area contributed by atoms with E-state index in [1.807, 2.05) is 6.07 Å². The molecule has 0 radical (unpaired) electrons. The van der Waals surface area contributed by atoms with Crippen molar-refractivity contribution in [2.24, 2.45) is 11.8 Å². The van der Waals surface area contributed by atoms with E-state index in [9.17, 15) is 4.79 Å². The van der Waals surface area contributed by atoms with Crippen LogP contribution in [0.3, 0.4) is 0 Å². The van der Waals surface area contributed by atoms with Crippen LogP contribution in [0.5, 0.6) is 5.75 Å². The number of amides is 1. The van der Waals surface area contributed by atoms with Crippen molar-refractivity contribution in [3.63, 3.8) is 0 Å². The highest BCUT2D eigenvalue weighted by Crippen LogP contribution is 2.36. The van der Waals surface area contributed by atoms with Crippen molar-refractivity contribution in [3.05, 3.63) is 35.2 Å². The fraction of sp³-hybridized carbons (Fsp3) is 0.621. The van der Waals surface area contributed by atoms with E-state index >= 15 is 0 Å². The minimum atomic E-state index is 0.112. The Morgan fingerprint density at radius 1 is 0.971 bits per heavy atom. The number of hydrogen-bond donors (Lipinski definition) is 1. The molecule has 0 spiro atoms. The number of fused-ring (bicyclic) bond motifs is 3. The number of benzene rings is 1. The molecule has 5 nitrogen and oxygen atoms in total. The van der Waals surface area contributed by atoms with Gasteiger partial charge in [-0.1, -0.05) is 51.4 Å². The number of carbonyl (C=O) groups excluding carboxylic acids is 1. The van der Waals surface area contributed by atoms with Gasteiger partial charge in [0.15, 0.2) is 5.82 Å². The van der Waals surface area contributed by atoms with Crippen LogP contribution in [0.25, 0.3) is 11.3 Å². The molecule has 1 aromatic carbocycles. The molecule has 182 valence electrons. The highest BCUT2D eigenvalue weighted by molar-refractivity contribution is 5.90. The van der Waals surface area contributed by atoms with Crippen LogP contribution in [-0.4, -0.2) is 23.0 Å². The predicted molar refractivity (Wildman–Crippen MR) is 136 cm³/mol. The number of nitrogens with one attached hydrogen (secondary N) is 1. The summed E-state index contributed by atoms with van der Waals surface area (Å²) in [6.07, 6.45) is 17.3. The molecule has 3 aliphatic carbocycles. The molecule has 0 unspecified atom stereocenters. The first kappa shape index (κ1) is 23.3. The van der Waals surface area contributed by atoms with Gasteiger partial charge in [-0.05, 0) is 74.1 Å². The molecule has 2 saturated carbocycles. The molecule has 3 aliphatic rings. The SMILES string of the molecule is COc1ccc2c(c1)CCc1nc(NC(=O)CC3CCCCC3)c(CCC3CCCCC3)nc1-2. The van der Waals surface area contributed by atoms with E-state index in [1.54, 1.807) is 7.11 Å². The third-order valence-corrected chi connectivity index (χ3v) is 8.21. The van der Waals surface area contributed by atoms with E-state index in [1.165, 1.54) is 69.8 Å². The number of ether oxygens (including phenoxy) is 1. The third-order valence-electron chi connectivity index (χ3n) is 8.21. The van der Waals surface area contributed by atoms with Crippen molar-refractivity contribution in [1.82, 2.24) is 9.97 Å². The molecule has 2 fully saturated rings. The summed E-state index contributed by atoms with van der Waals surface area (Å²) in [5.74, 6) is 3.01. The summed E-state index contributed by atoms with van der Waals surface area (Å²) in [5.41, 5.74) is 5.40. The largest absolute Gasteiger partial charge is 0.497 e. The first-order valence-electron chi connectivity index (χ1n) is 13.6. The van der Waals surface area contributed by atoms with Crippen molar-refractivity contribution in [2.45, 2.75) is 96.3 Å². The summed E-state index contributed by atoms with van der Waals surface area (Å²) in [5, 5.41) is 3.21. The summed E-state index contributed by atoms with van der Waals surface area (Å²) in [6, 6.07) is 6.26. The maximum atomic E-state index is 13.0. The van der Waals surface area contributed by atoms with Gasteiger partial charge in [0.05, 0.1) is 24.2 Å². The summed E-state index contributed by atoms with van der Waals surface area (Å²) in [6.45, 7) is 0. The monoisotopic (exact) mass is 461 g/mol. The van der Waals surface area contributed by atoms with Gasteiger partial charge in [-0.25, -0.2) is 9.97 Å². The summed E-state index contributed by atoms with van der Waals surface area (Å²) in [7, 11) is 1.71. The zero-order valence-electron chi connectivity index (χ0n) is 20.7. The van der Waals surface area contributed by atoms with Gasteiger partial charge >= 0.3 is 0 Å². The van der Waals surface area contributed by atoms with Gasteiger partial charge in [0.2, 0.25) is 5.91 Å². The normalized spacial score (nSPS) is 18.7. The van der Waals surface area contributed by atoms with Gasteiger partial charge in [-0.15, -0.1) is 0 Å². The van der Waals surface area contributed by atoms with Gasteiger partial charge in [0, 0.05) is 12.0 Å². The quantitative estimate of drug-likeness (QED) is 0.500. The van der Waals surface area contributed by atoms with Crippen LogP contribution in [0.2, 0.25) is 0 Å². The molecule has 0 saturated heterocycles. The van der Waals surface area contributed by atoms with Crippen LogP contribution < -0.4 is 10.1 Å². The number of hydrogen-bond acceptors (Lipinski definition) is 4. The lowest BCUT2D eigenvalue weighted by atomic mass is 9.85. The summed E-state index contributed by atoms with van der Waals surface area (Å²) in [4.78, 5) is 23.2. The summed E-state index contributed by atoms with van der Waals surface area (Å²) >= 11 is 0. The van der Waals surface area contributed by atoms with E-state index in [4.69, 9.17) is 14.7 Å². The minimum absolute atomic E-state index is 0.112. The zero-order chi connectivity index (χ0) is 23.3. The fourth-order valence-electron chi connectivity index (χ4n) is 6.21. The number of aromatic nitrogens is 2.